The SMILES string of the molecule is CN1CCN(c2ccc(-c3n[nH]c4cc(=O)n(-c5c(F)ccc6c5OCC6)nc34)cc2)CC1. The van der Waals surface area contributed by atoms with Crippen molar-refractivity contribution in [2.45, 2.75) is 6.42 Å². The number of hydrogen-bond acceptors (Lipinski definition) is 6. The molecule has 4 heterocycles. The molecule has 4 aromatic rings. The average molecular weight is 446 g/mol. The number of rotatable bonds is 3. The topological polar surface area (TPSA) is 79.3 Å². The van der Waals surface area contributed by atoms with E-state index >= 15 is 0 Å². The summed E-state index contributed by atoms with van der Waals surface area (Å²) >= 11 is 0. The Morgan fingerprint density at radius 2 is 1.85 bits per heavy atom. The average Bonchev–Trinajstić information content (AvgIpc) is 3.46. The van der Waals surface area contributed by atoms with Crippen molar-refractivity contribution in [1.29, 1.82) is 0 Å². The fourth-order valence-electron chi connectivity index (χ4n) is 4.55. The molecule has 0 atom stereocenters. The maximum absolute atomic E-state index is 14.8. The summed E-state index contributed by atoms with van der Waals surface area (Å²) in [6, 6.07) is 12.6. The van der Waals surface area contributed by atoms with Gasteiger partial charge in [0.15, 0.2) is 11.6 Å². The van der Waals surface area contributed by atoms with Gasteiger partial charge in [0.05, 0.1) is 12.1 Å². The second-order valence-electron chi connectivity index (χ2n) is 8.55. The highest BCUT2D eigenvalue weighted by Gasteiger charge is 2.24. The molecule has 0 amide bonds. The van der Waals surface area contributed by atoms with Crippen LogP contribution in [0.4, 0.5) is 10.1 Å². The molecule has 6 rings (SSSR count). The molecule has 9 heteroatoms. The number of piperazine rings is 1. The molecule has 1 fully saturated rings. The zero-order valence-corrected chi connectivity index (χ0v) is 18.2. The number of anilines is 1. The van der Waals surface area contributed by atoms with E-state index in [4.69, 9.17) is 4.74 Å². The Bertz CT molecular complexity index is 1400. The van der Waals surface area contributed by atoms with Gasteiger partial charge in [-0.25, -0.2) is 4.39 Å². The number of ether oxygens (including phenoxy) is 1. The number of H-pyrrole nitrogens is 1. The summed E-state index contributed by atoms with van der Waals surface area (Å²) in [5, 5.41) is 11.8. The molecule has 0 unspecified atom stereocenters. The van der Waals surface area contributed by atoms with Gasteiger partial charge in [-0.1, -0.05) is 18.2 Å². The Labute approximate surface area is 189 Å². The Morgan fingerprint density at radius 1 is 1.06 bits per heavy atom. The number of nitrogens with one attached hydrogen (secondary N) is 1. The van der Waals surface area contributed by atoms with E-state index in [1.54, 1.807) is 6.07 Å². The normalized spacial score (nSPS) is 16.2. The van der Waals surface area contributed by atoms with Gasteiger partial charge in [-0.15, -0.1) is 0 Å². The van der Waals surface area contributed by atoms with Crippen LogP contribution in [0, 0.1) is 5.82 Å². The minimum atomic E-state index is -0.550. The minimum absolute atomic E-state index is 0.0504. The van der Waals surface area contributed by atoms with Gasteiger partial charge in [-0.2, -0.15) is 14.9 Å². The monoisotopic (exact) mass is 446 g/mol. The summed E-state index contributed by atoms with van der Waals surface area (Å²) in [6.07, 6.45) is 0.677. The molecule has 0 bridgehead atoms. The van der Waals surface area contributed by atoms with Gasteiger partial charge in [0.1, 0.15) is 16.9 Å². The third-order valence-corrected chi connectivity index (χ3v) is 6.45. The van der Waals surface area contributed by atoms with Crippen LogP contribution < -0.4 is 15.2 Å². The molecule has 8 nitrogen and oxygen atoms in total. The van der Waals surface area contributed by atoms with Crippen molar-refractivity contribution in [2.75, 3.05) is 44.7 Å². The van der Waals surface area contributed by atoms with Crippen LogP contribution in [0.1, 0.15) is 5.56 Å². The number of fused-ring (bicyclic) bond motifs is 2. The van der Waals surface area contributed by atoms with Crippen LogP contribution in [0.2, 0.25) is 0 Å². The fraction of sp³-hybridized carbons (Fsp3) is 0.292. The Balaban J connectivity index is 1.41. The third kappa shape index (κ3) is 3.36. The summed E-state index contributed by atoms with van der Waals surface area (Å²) in [5.74, 6) is -0.170. The van der Waals surface area contributed by atoms with Crippen LogP contribution >= 0.6 is 0 Å². The van der Waals surface area contributed by atoms with Crippen molar-refractivity contribution in [3.8, 4) is 22.7 Å². The van der Waals surface area contributed by atoms with Gasteiger partial charge >= 0.3 is 0 Å². The highest BCUT2D eigenvalue weighted by Crippen LogP contribution is 2.34. The zero-order chi connectivity index (χ0) is 22.5. The number of benzene rings is 2. The second kappa shape index (κ2) is 7.70. The van der Waals surface area contributed by atoms with Crippen molar-refractivity contribution in [1.82, 2.24) is 24.9 Å². The van der Waals surface area contributed by atoms with E-state index in [9.17, 15) is 9.18 Å². The minimum Gasteiger partial charge on any atom is -0.491 e. The molecule has 0 spiro atoms. The third-order valence-electron chi connectivity index (χ3n) is 6.45. The van der Waals surface area contributed by atoms with E-state index in [0.29, 0.717) is 35.5 Å². The van der Waals surface area contributed by atoms with Gasteiger partial charge < -0.3 is 14.5 Å². The Hall–Kier alpha value is -3.72. The van der Waals surface area contributed by atoms with Crippen LogP contribution in [0.15, 0.2) is 47.3 Å². The predicted octanol–water partition coefficient (Wildman–Crippen LogP) is 2.60. The Kier molecular flexibility index (Phi) is 4.65. The molecule has 168 valence electrons. The van der Waals surface area contributed by atoms with Crippen LogP contribution in [0.3, 0.4) is 0 Å². The van der Waals surface area contributed by atoms with E-state index in [1.165, 1.54) is 12.1 Å². The first-order valence-corrected chi connectivity index (χ1v) is 11.1. The zero-order valence-electron chi connectivity index (χ0n) is 18.2. The van der Waals surface area contributed by atoms with Gasteiger partial charge in [-0.05, 0) is 30.8 Å². The van der Waals surface area contributed by atoms with Crippen molar-refractivity contribution in [2.24, 2.45) is 0 Å². The lowest BCUT2D eigenvalue weighted by atomic mass is 10.1. The van der Waals surface area contributed by atoms with E-state index in [2.05, 4.69) is 44.3 Å². The molecule has 0 radical (unpaired) electrons. The molecule has 2 aromatic heterocycles. The first-order chi connectivity index (χ1) is 16.1. The molecule has 2 aliphatic heterocycles. The van der Waals surface area contributed by atoms with Crippen LogP contribution in [0.25, 0.3) is 28.0 Å². The van der Waals surface area contributed by atoms with Crippen LogP contribution in [-0.4, -0.2) is 64.7 Å². The number of aromatic nitrogens is 4. The molecular weight excluding hydrogens is 423 g/mol. The van der Waals surface area contributed by atoms with Crippen molar-refractivity contribution < 1.29 is 9.13 Å². The second-order valence-corrected chi connectivity index (χ2v) is 8.55. The predicted molar refractivity (Wildman–Crippen MR) is 124 cm³/mol. The van der Waals surface area contributed by atoms with Crippen molar-refractivity contribution >= 4 is 16.7 Å². The van der Waals surface area contributed by atoms with Gasteiger partial charge in [-0.3, -0.25) is 9.89 Å². The number of hydrogen-bond donors (Lipinski definition) is 1. The number of aromatic amines is 1. The largest absolute Gasteiger partial charge is 0.491 e. The van der Waals surface area contributed by atoms with E-state index < -0.39 is 11.4 Å². The van der Waals surface area contributed by atoms with Gasteiger partial charge in [0.25, 0.3) is 5.56 Å². The smallest absolute Gasteiger partial charge is 0.273 e. The van der Waals surface area contributed by atoms with E-state index in [-0.39, 0.29) is 5.69 Å². The van der Waals surface area contributed by atoms with E-state index in [0.717, 1.165) is 47.7 Å². The van der Waals surface area contributed by atoms with Gasteiger partial charge in [0, 0.05) is 49.9 Å². The molecule has 2 aromatic carbocycles. The molecule has 33 heavy (non-hydrogen) atoms. The molecular formula is C24H23FN6O2. The molecule has 1 saturated heterocycles. The maximum Gasteiger partial charge on any atom is 0.273 e. The highest BCUT2D eigenvalue weighted by atomic mass is 19.1. The molecule has 0 aliphatic carbocycles. The van der Waals surface area contributed by atoms with Crippen molar-refractivity contribution in [3.63, 3.8) is 0 Å². The standard InChI is InChI=1S/C24H23FN6O2/c1-29-9-11-30(12-10-29)17-5-2-15(3-6-17)21-22-19(26-27-21)14-20(32)31(28-22)23-18(25)7-4-16-8-13-33-24(16)23/h2-7,14,26H,8-13H2,1H3. The first kappa shape index (κ1) is 19.9. The highest BCUT2D eigenvalue weighted by molar-refractivity contribution is 5.89. The Morgan fingerprint density at radius 3 is 2.64 bits per heavy atom. The molecule has 0 saturated carbocycles. The summed E-state index contributed by atoms with van der Waals surface area (Å²) in [7, 11) is 2.14. The summed E-state index contributed by atoms with van der Waals surface area (Å²) in [4.78, 5) is 17.5. The van der Waals surface area contributed by atoms with Gasteiger partial charge in [0.2, 0.25) is 0 Å². The maximum atomic E-state index is 14.8. The lowest BCUT2D eigenvalue weighted by Gasteiger charge is -2.34. The quantitative estimate of drug-likeness (QED) is 0.521. The number of likely N-dealkylation sites (N-methyl/N-ethyl adjacent to an activating group) is 1. The number of nitrogens with zero attached hydrogens (tertiary/aromatic N) is 5. The van der Waals surface area contributed by atoms with E-state index in [1.807, 2.05) is 12.1 Å². The number of halogens is 1. The first-order valence-electron chi connectivity index (χ1n) is 11.1. The van der Waals surface area contributed by atoms with Crippen molar-refractivity contribution in [3.05, 3.63) is 64.2 Å². The molecule has 1 N–H and O–H groups in total. The lowest BCUT2D eigenvalue weighted by Crippen LogP contribution is -2.44. The lowest BCUT2D eigenvalue weighted by molar-refractivity contribution is 0.313. The summed E-state index contributed by atoms with van der Waals surface area (Å²) in [5.41, 5.74) is 4.10. The summed E-state index contributed by atoms with van der Waals surface area (Å²) < 4.78 is 21.5. The van der Waals surface area contributed by atoms with Crippen LogP contribution in [0.5, 0.6) is 5.75 Å². The van der Waals surface area contributed by atoms with Crippen LogP contribution in [-0.2, 0) is 6.42 Å². The fourth-order valence-corrected chi connectivity index (χ4v) is 4.55. The summed E-state index contributed by atoms with van der Waals surface area (Å²) in [6.45, 7) is 4.51. The molecule has 2 aliphatic rings.